The third-order valence-corrected chi connectivity index (χ3v) is 5.75. The Labute approximate surface area is 124 Å². The first-order valence-electron chi connectivity index (χ1n) is 6.98. The van der Waals surface area contributed by atoms with Crippen molar-refractivity contribution in [2.24, 2.45) is 0 Å². The van der Waals surface area contributed by atoms with Crippen molar-refractivity contribution in [1.29, 1.82) is 0 Å². The average Bonchev–Trinajstić information content (AvgIpc) is 3.01. The molecular weight excluding hydrogens is 290 g/mol. The van der Waals surface area contributed by atoms with Crippen LogP contribution in [0.5, 0.6) is 0 Å². The third-order valence-electron chi connectivity index (χ3n) is 3.92. The van der Waals surface area contributed by atoms with Crippen LogP contribution in [0.15, 0.2) is 40.4 Å². The molecule has 0 aromatic heterocycles. The van der Waals surface area contributed by atoms with Gasteiger partial charge in [0.15, 0.2) is 0 Å². The number of aryl methyl sites for hydroxylation is 1. The standard InChI is InChI=1S/C15H17NO4S/c1-3-13-14-12(15(17)20-13)8-9-16(14)21(18,19)11-6-4-10(2)5-7-11/h4-7,13H,3,8-9H2,1-2H3. The van der Waals surface area contributed by atoms with Crippen LogP contribution in [0, 0.1) is 6.92 Å². The summed E-state index contributed by atoms with van der Waals surface area (Å²) in [5.74, 6) is -0.376. The Kier molecular flexibility index (Phi) is 3.28. The Bertz CT molecular complexity index is 719. The first-order chi connectivity index (χ1) is 9.95. The lowest BCUT2D eigenvalue weighted by molar-refractivity contribution is -0.140. The minimum absolute atomic E-state index is 0.246. The summed E-state index contributed by atoms with van der Waals surface area (Å²) < 4.78 is 32.1. The van der Waals surface area contributed by atoms with Crippen molar-refractivity contribution in [3.05, 3.63) is 41.1 Å². The van der Waals surface area contributed by atoms with Gasteiger partial charge in [0.1, 0.15) is 6.10 Å². The molecule has 5 nitrogen and oxygen atoms in total. The monoisotopic (exact) mass is 307 g/mol. The highest BCUT2D eigenvalue weighted by atomic mass is 32.2. The van der Waals surface area contributed by atoms with E-state index in [0.717, 1.165) is 5.56 Å². The summed E-state index contributed by atoms with van der Waals surface area (Å²) in [6.45, 7) is 4.10. The number of carbonyl (C=O) groups is 1. The second kappa shape index (κ2) is 4.87. The average molecular weight is 307 g/mol. The highest BCUT2D eigenvalue weighted by molar-refractivity contribution is 7.89. The number of ether oxygens (including phenoxy) is 1. The van der Waals surface area contributed by atoms with Gasteiger partial charge in [-0.1, -0.05) is 24.6 Å². The quantitative estimate of drug-likeness (QED) is 0.801. The highest BCUT2D eigenvalue weighted by Crippen LogP contribution is 2.38. The van der Waals surface area contributed by atoms with Crippen molar-refractivity contribution in [2.75, 3.05) is 6.54 Å². The van der Waals surface area contributed by atoms with E-state index in [4.69, 9.17) is 4.74 Å². The molecular formula is C15H17NO4S. The summed E-state index contributed by atoms with van der Waals surface area (Å²) in [5, 5.41) is 0. The highest BCUT2D eigenvalue weighted by Gasteiger charge is 2.44. The molecule has 0 saturated carbocycles. The minimum atomic E-state index is -3.63. The summed E-state index contributed by atoms with van der Waals surface area (Å²) in [7, 11) is -3.63. The molecule has 21 heavy (non-hydrogen) atoms. The van der Waals surface area contributed by atoms with Crippen molar-refractivity contribution in [1.82, 2.24) is 4.31 Å². The first kappa shape index (κ1) is 14.1. The number of hydrogen-bond acceptors (Lipinski definition) is 4. The molecule has 0 saturated heterocycles. The molecule has 112 valence electrons. The molecule has 0 spiro atoms. The van der Waals surface area contributed by atoms with Gasteiger partial charge >= 0.3 is 5.97 Å². The summed E-state index contributed by atoms with van der Waals surface area (Å²) >= 11 is 0. The van der Waals surface area contributed by atoms with Gasteiger partial charge in [-0.2, -0.15) is 0 Å². The van der Waals surface area contributed by atoms with E-state index in [1.807, 2.05) is 13.8 Å². The largest absolute Gasteiger partial charge is 0.452 e. The number of benzene rings is 1. The van der Waals surface area contributed by atoms with E-state index in [0.29, 0.717) is 30.7 Å². The van der Waals surface area contributed by atoms with E-state index in [1.165, 1.54) is 4.31 Å². The molecule has 1 unspecified atom stereocenters. The van der Waals surface area contributed by atoms with Crippen LogP contribution < -0.4 is 0 Å². The fourth-order valence-corrected chi connectivity index (χ4v) is 4.35. The van der Waals surface area contributed by atoms with Gasteiger partial charge in [0.25, 0.3) is 10.0 Å². The van der Waals surface area contributed by atoms with Gasteiger partial charge in [-0.15, -0.1) is 0 Å². The van der Waals surface area contributed by atoms with Gasteiger partial charge < -0.3 is 4.74 Å². The fraction of sp³-hybridized carbons (Fsp3) is 0.400. The maximum atomic E-state index is 12.8. The molecule has 0 N–H and O–H groups in total. The van der Waals surface area contributed by atoms with E-state index in [9.17, 15) is 13.2 Å². The molecule has 6 heteroatoms. The molecule has 0 fully saturated rings. The number of esters is 1. The molecule has 0 aliphatic carbocycles. The number of nitrogens with zero attached hydrogens (tertiary/aromatic N) is 1. The molecule has 0 amide bonds. The molecule has 2 heterocycles. The van der Waals surface area contributed by atoms with Crippen LogP contribution in [0.25, 0.3) is 0 Å². The van der Waals surface area contributed by atoms with Gasteiger partial charge in [0.05, 0.1) is 16.2 Å². The zero-order valence-electron chi connectivity index (χ0n) is 12.0. The summed E-state index contributed by atoms with van der Waals surface area (Å²) in [5.41, 5.74) is 2.04. The van der Waals surface area contributed by atoms with Gasteiger partial charge in [0.2, 0.25) is 0 Å². The SMILES string of the molecule is CCC1OC(=O)C2=C1N(S(=O)(=O)c1ccc(C)cc1)CC2. The van der Waals surface area contributed by atoms with Crippen LogP contribution in [0.3, 0.4) is 0 Å². The number of rotatable bonds is 3. The van der Waals surface area contributed by atoms with E-state index >= 15 is 0 Å². The van der Waals surface area contributed by atoms with Crippen molar-refractivity contribution in [3.63, 3.8) is 0 Å². The van der Waals surface area contributed by atoms with E-state index in [2.05, 4.69) is 0 Å². The summed E-state index contributed by atoms with van der Waals surface area (Å²) in [6, 6.07) is 6.74. The summed E-state index contributed by atoms with van der Waals surface area (Å²) in [6.07, 6.45) is 0.551. The Hall–Kier alpha value is -1.82. The molecule has 1 aromatic carbocycles. The van der Waals surface area contributed by atoms with E-state index in [1.54, 1.807) is 24.3 Å². The lowest BCUT2D eigenvalue weighted by Crippen LogP contribution is -2.33. The zero-order valence-corrected chi connectivity index (χ0v) is 12.8. The zero-order chi connectivity index (χ0) is 15.2. The predicted octanol–water partition coefficient (Wildman–Crippen LogP) is 1.98. The van der Waals surface area contributed by atoms with Crippen molar-refractivity contribution < 1.29 is 17.9 Å². The van der Waals surface area contributed by atoms with Crippen LogP contribution in [0.2, 0.25) is 0 Å². The third kappa shape index (κ3) is 2.14. The molecule has 0 radical (unpaired) electrons. The maximum Gasteiger partial charge on any atom is 0.336 e. The maximum absolute atomic E-state index is 12.8. The number of hydrogen-bond donors (Lipinski definition) is 0. The van der Waals surface area contributed by atoms with Crippen LogP contribution >= 0.6 is 0 Å². The van der Waals surface area contributed by atoms with Gasteiger partial charge in [-0.05, 0) is 25.5 Å². The summed E-state index contributed by atoms with van der Waals surface area (Å²) in [4.78, 5) is 12.0. The predicted molar refractivity (Wildman–Crippen MR) is 76.9 cm³/mol. The molecule has 0 bridgehead atoms. The molecule has 2 aliphatic rings. The van der Waals surface area contributed by atoms with Crippen LogP contribution in [0.1, 0.15) is 25.3 Å². The topological polar surface area (TPSA) is 63.7 Å². The molecule has 2 aliphatic heterocycles. The van der Waals surface area contributed by atoms with E-state index < -0.39 is 16.1 Å². The van der Waals surface area contributed by atoms with Gasteiger partial charge in [-0.25, -0.2) is 13.2 Å². The van der Waals surface area contributed by atoms with Crippen molar-refractivity contribution >= 4 is 16.0 Å². The van der Waals surface area contributed by atoms with E-state index in [-0.39, 0.29) is 10.9 Å². The second-order valence-electron chi connectivity index (χ2n) is 5.31. The Morgan fingerprint density at radius 1 is 1.29 bits per heavy atom. The Morgan fingerprint density at radius 3 is 2.57 bits per heavy atom. The van der Waals surface area contributed by atoms with Crippen molar-refractivity contribution in [3.8, 4) is 0 Å². The van der Waals surface area contributed by atoms with Gasteiger partial charge in [-0.3, -0.25) is 4.31 Å². The Balaban J connectivity index is 2.02. The lowest BCUT2D eigenvalue weighted by Gasteiger charge is -2.24. The Morgan fingerprint density at radius 2 is 1.95 bits per heavy atom. The number of sulfonamides is 1. The fourth-order valence-electron chi connectivity index (χ4n) is 2.79. The van der Waals surface area contributed by atoms with Crippen molar-refractivity contribution in [2.45, 2.75) is 37.7 Å². The molecule has 1 atom stereocenters. The minimum Gasteiger partial charge on any atom is -0.452 e. The number of carbonyl (C=O) groups excluding carboxylic acids is 1. The normalized spacial score (nSPS) is 21.7. The second-order valence-corrected chi connectivity index (χ2v) is 7.17. The smallest absolute Gasteiger partial charge is 0.336 e. The van der Waals surface area contributed by atoms with Gasteiger partial charge in [0, 0.05) is 13.0 Å². The molecule has 3 rings (SSSR count). The first-order valence-corrected chi connectivity index (χ1v) is 8.42. The lowest BCUT2D eigenvalue weighted by atomic mass is 10.1. The molecule has 1 aromatic rings. The van der Waals surface area contributed by atoms with Crippen LogP contribution in [-0.4, -0.2) is 31.3 Å². The van der Waals surface area contributed by atoms with Crippen LogP contribution in [-0.2, 0) is 19.6 Å². The van der Waals surface area contributed by atoms with Crippen LogP contribution in [0.4, 0.5) is 0 Å². The number of cyclic esters (lactones) is 1.